The molecule has 0 bridgehead atoms. The Morgan fingerprint density at radius 3 is 2.57 bits per heavy atom. The Kier molecular flexibility index (Phi) is 3.75. The van der Waals surface area contributed by atoms with Crippen molar-refractivity contribution in [1.82, 2.24) is 5.32 Å². The zero-order valence-electron chi connectivity index (χ0n) is 11.1. The second-order valence-corrected chi connectivity index (χ2v) is 5.81. The highest BCUT2D eigenvalue weighted by Gasteiger charge is 2.27. The fraction of sp³-hybridized carbons (Fsp3) is 0.125. The van der Waals surface area contributed by atoms with Crippen molar-refractivity contribution in [2.45, 2.75) is 12.5 Å². The van der Waals surface area contributed by atoms with Gasteiger partial charge in [-0.3, -0.25) is 9.59 Å². The summed E-state index contributed by atoms with van der Waals surface area (Å²) in [5.74, 6) is -0.446. The molecule has 0 unspecified atom stereocenters. The molecule has 2 N–H and O–H groups in total. The minimum Gasteiger partial charge on any atom is -0.340 e. The van der Waals surface area contributed by atoms with E-state index in [0.717, 1.165) is 10.0 Å². The van der Waals surface area contributed by atoms with Gasteiger partial charge < -0.3 is 10.6 Å². The van der Waals surface area contributed by atoms with Gasteiger partial charge in [-0.05, 0) is 23.8 Å². The molecule has 2 aromatic carbocycles. The SMILES string of the molecule is O=C1N[C@@H](Cc2ccccc2)C(=O)Nc2ccc(Br)cc21. The number of amides is 2. The highest BCUT2D eigenvalue weighted by molar-refractivity contribution is 9.10. The number of carbonyl (C=O) groups excluding carboxylic acids is 2. The number of hydrogen-bond donors (Lipinski definition) is 2. The van der Waals surface area contributed by atoms with E-state index in [2.05, 4.69) is 26.6 Å². The molecule has 3 rings (SSSR count). The molecule has 0 saturated carbocycles. The van der Waals surface area contributed by atoms with Crippen molar-refractivity contribution < 1.29 is 9.59 Å². The van der Waals surface area contributed by atoms with Crippen molar-refractivity contribution >= 4 is 33.4 Å². The molecule has 0 fully saturated rings. The number of fused-ring (bicyclic) bond motifs is 1. The van der Waals surface area contributed by atoms with Gasteiger partial charge in [0.15, 0.2) is 0 Å². The maximum atomic E-state index is 12.3. The molecule has 2 amide bonds. The second kappa shape index (κ2) is 5.69. The third-order valence-electron chi connectivity index (χ3n) is 3.39. The van der Waals surface area contributed by atoms with Crippen LogP contribution in [0.5, 0.6) is 0 Å². The van der Waals surface area contributed by atoms with Crippen molar-refractivity contribution in [1.29, 1.82) is 0 Å². The molecule has 4 nitrogen and oxygen atoms in total. The lowest BCUT2D eigenvalue weighted by Gasteiger charge is -2.14. The topological polar surface area (TPSA) is 58.2 Å². The Balaban J connectivity index is 1.87. The molecule has 0 saturated heterocycles. The molecule has 0 aromatic heterocycles. The molecule has 1 aliphatic heterocycles. The Morgan fingerprint density at radius 2 is 1.81 bits per heavy atom. The molecule has 2 aromatic rings. The smallest absolute Gasteiger partial charge is 0.254 e. The first-order chi connectivity index (χ1) is 10.1. The van der Waals surface area contributed by atoms with Gasteiger partial charge in [0.25, 0.3) is 5.91 Å². The van der Waals surface area contributed by atoms with Crippen LogP contribution in [0, 0.1) is 0 Å². The largest absolute Gasteiger partial charge is 0.340 e. The third kappa shape index (κ3) is 2.97. The summed E-state index contributed by atoms with van der Waals surface area (Å²) < 4.78 is 0.798. The number of halogens is 1. The van der Waals surface area contributed by atoms with E-state index >= 15 is 0 Å². The molecule has 106 valence electrons. The van der Waals surface area contributed by atoms with Gasteiger partial charge in [0.05, 0.1) is 11.3 Å². The third-order valence-corrected chi connectivity index (χ3v) is 3.88. The zero-order valence-corrected chi connectivity index (χ0v) is 12.7. The summed E-state index contributed by atoms with van der Waals surface area (Å²) in [6.07, 6.45) is 0.466. The normalized spacial score (nSPS) is 17.5. The van der Waals surface area contributed by atoms with Crippen molar-refractivity contribution in [2.75, 3.05) is 5.32 Å². The lowest BCUT2D eigenvalue weighted by Crippen LogP contribution is -2.42. The quantitative estimate of drug-likeness (QED) is 0.879. The van der Waals surface area contributed by atoms with Gasteiger partial charge in [-0.1, -0.05) is 46.3 Å². The van der Waals surface area contributed by atoms with Crippen LogP contribution in [0.15, 0.2) is 53.0 Å². The standard InChI is InChI=1S/C16H13BrN2O2/c17-11-6-7-13-12(9-11)15(20)19-14(16(21)18-13)8-10-4-2-1-3-5-10/h1-7,9,14H,8H2,(H,18,21)(H,19,20)/t14-/m0/s1. The van der Waals surface area contributed by atoms with Crippen LogP contribution in [-0.4, -0.2) is 17.9 Å². The molecule has 21 heavy (non-hydrogen) atoms. The van der Waals surface area contributed by atoms with E-state index in [1.807, 2.05) is 30.3 Å². The van der Waals surface area contributed by atoms with Crippen molar-refractivity contribution in [3.8, 4) is 0 Å². The van der Waals surface area contributed by atoms with E-state index in [9.17, 15) is 9.59 Å². The average Bonchev–Trinajstić information content (AvgIpc) is 2.59. The van der Waals surface area contributed by atoms with Gasteiger partial charge in [0.2, 0.25) is 5.91 Å². The molecular weight excluding hydrogens is 332 g/mol. The van der Waals surface area contributed by atoms with Crippen LogP contribution in [0.1, 0.15) is 15.9 Å². The summed E-state index contributed by atoms with van der Waals surface area (Å²) in [6, 6.07) is 14.3. The Hall–Kier alpha value is -2.14. The first-order valence-electron chi connectivity index (χ1n) is 6.59. The maximum absolute atomic E-state index is 12.3. The average molecular weight is 345 g/mol. The number of rotatable bonds is 2. The number of nitrogens with one attached hydrogen (secondary N) is 2. The second-order valence-electron chi connectivity index (χ2n) is 4.89. The van der Waals surface area contributed by atoms with Crippen LogP contribution in [0.4, 0.5) is 5.69 Å². The predicted octanol–water partition coefficient (Wildman–Crippen LogP) is 2.74. The Morgan fingerprint density at radius 1 is 1.05 bits per heavy atom. The van der Waals surface area contributed by atoms with E-state index in [-0.39, 0.29) is 11.8 Å². The van der Waals surface area contributed by atoms with Gasteiger partial charge in [0.1, 0.15) is 6.04 Å². The molecule has 0 radical (unpaired) electrons. The van der Waals surface area contributed by atoms with Crippen LogP contribution in [0.2, 0.25) is 0 Å². The number of carbonyl (C=O) groups is 2. The van der Waals surface area contributed by atoms with E-state index in [1.165, 1.54) is 0 Å². The number of benzene rings is 2. The minimum absolute atomic E-state index is 0.201. The van der Waals surface area contributed by atoms with Crippen molar-refractivity contribution in [3.63, 3.8) is 0 Å². The van der Waals surface area contributed by atoms with Crippen LogP contribution < -0.4 is 10.6 Å². The Bertz CT molecular complexity index is 701. The van der Waals surface area contributed by atoms with Crippen molar-refractivity contribution in [2.24, 2.45) is 0 Å². The summed E-state index contributed by atoms with van der Waals surface area (Å²) in [4.78, 5) is 24.6. The van der Waals surface area contributed by atoms with Crippen LogP contribution in [0.25, 0.3) is 0 Å². The predicted molar refractivity (Wildman–Crippen MR) is 84.2 cm³/mol. The summed E-state index contributed by atoms with van der Waals surface area (Å²) >= 11 is 3.33. The first-order valence-corrected chi connectivity index (χ1v) is 7.38. The fourth-order valence-electron chi connectivity index (χ4n) is 2.33. The fourth-order valence-corrected chi connectivity index (χ4v) is 2.69. The van der Waals surface area contributed by atoms with Crippen LogP contribution >= 0.6 is 15.9 Å². The summed E-state index contributed by atoms with van der Waals surface area (Å²) in [5.41, 5.74) is 2.01. The van der Waals surface area contributed by atoms with Crippen LogP contribution in [0.3, 0.4) is 0 Å². The summed E-state index contributed by atoms with van der Waals surface area (Å²) in [6.45, 7) is 0. The molecule has 0 spiro atoms. The highest BCUT2D eigenvalue weighted by Crippen LogP contribution is 2.23. The highest BCUT2D eigenvalue weighted by atomic mass is 79.9. The number of hydrogen-bond acceptors (Lipinski definition) is 2. The maximum Gasteiger partial charge on any atom is 0.254 e. The van der Waals surface area contributed by atoms with E-state index < -0.39 is 6.04 Å². The zero-order chi connectivity index (χ0) is 14.8. The van der Waals surface area contributed by atoms with Gasteiger partial charge in [-0.2, -0.15) is 0 Å². The summed E-state index contributed by atoms with van der Waals surface area (Å²) in [7, 11) is 0. The molecule has 5 heteroatoms. The van der Waals surface area contributed by atoms with Gasteiger partial charge in [-0.25, -0.2) is 0 Å². The van der Waals surface area contributed by atoms with Gasteiger partial charge in [-0.15, -0.1) is 0 Å². The van der Waals surface area contributed by atoms with E-state index in [0.29, 0.717) is 17.7 Å². The summed E-state index contributed by atoms with van der Waals surface area (Å²) in [5, 5.41) is 5.60. The van der Waals surface area contributed by atoms with Crippen LogP contribution in [-0.2, 0) is 11.2 Å². The molecular formula is C16H13BrN2O2. The molecule has 1 heterocycles. The van der Waals surface area contributed by atoms with Gasteiger partial charge >= 0.3 is 0 Å². The van der Waals surface area contributed by atoms with Crippen molar-refractivity contribution in [3.05, 3.63) is 64.1 Å². The molecule has 1 atom stereocenters. The van der Waals surface area contributed by atoms with E-state index in [1.54, 1.807) is 18.2 Å². The monoisotopic (exact) mass is 344 g/mol. The van der Waals surface area contributed by atoms with E-state index in [4.69, 9.17) is 0 Å². The number of anilines is 1. The first kappa shape index (κ1) is 13.8. The molecule has 1 aliphatic rings. The lowest BCUT2D eigenvalue weighted by atomic mass is 10.1. The Labute approximate surface area is 130 Å². The van der Waals surface area contributed by atoms with Gasteiger partial charge in [0, 0.05) is 10.9 Å². The minimum atomic E-state index is -0.578. The lowest BCUT2D eigenvalue weighted by molar-refractivity contribution is -0.117. The molecule has 0 aliphatic carbocycles.